The van der Waals surface area contributed by atoms with Gasteiger partial charge < -0.3 is 9.84 Å². The van der Waals surface area contributed by atoms with Crippen molar-refractivity contribution in [3.8, 4) is 5.75 Å². The summed E-state index contributed by atoms with van der Waals surface area (Å²) in [5.74, 6) is 3.58. The second kappa shape index (κ2) is 4.52. The molecule has 1 N–H and O–H groups in total. The smallest absolute Gasteiger partial charge is 0.129 e. The molecule has 2 fully saturated rings. The third kappa shape index (κ3) is 2.06. The Kier molecular flexibility index (Phi) is 2.80. The lowest BCUT2D eigenvalue weighted by Gasteiger charge is -2.26. The zero-order valence-electron chi connectivity index (χ0n) is 11.3. The number of para-hydroxylation sites is 1. The predicted molar refractivity (Wildman–Crippen MR) is 74.1 cm³/mol. The van der Waals surface area contributed by atoms with Crippen LogP contribution in [0.1, 0.15) is 37.7 Å². The lowest BCUT2D eigenvalue weighted by Crippen LogP contribution is -2.33. The van der Waals surface area contributed by atoms with Gasteiger partial charge in [-0.1, -0.05) is 24.6 Å². The van der Waals surface area contributed by atoms with Crippen LogP contribution in [-0.2, 0) is 6.42 Å². The maximum atomic E-state index is 10.5. The number of hydrogen-bond donors (Lipinski definition) is 1. The van der Waals surface area contributed by atoms with E-state index in [1.165, 1.54) is 31.2 Å². The molecule has 0 radical (unpaired) electrons. The van der Waals surface area contributed by atoms with Crippen molar-refractivity contribution in [3.05, 3.63) is 29.8 Å². The maximum Gasteiger partial charge on any atom is 0.129 e. The monoisotopic (exact) mass is 258 g/mol. The Hall–Kier alpha value is -1.02. The van der Waals surface area contributed by atoms with Crippen LogP contribution in [0.3, 0.4) is 0 Å². The molecule has 0 aromatic heterocycles. The average molecular weight is 258 g/mol. The number of ether oxygens (including phenoxy) is 1. The van der Waals surface area contributed by atoms with Crippen molar-refractivity contribution in [3.63, 3.8) is 0 Å². The van der Waals surface area contributed by atoms with E-state index in [1.54, 1.807) is 0 Å². The van der Waals surface area contributed by atoms with Gasteiger partial charge in [0, 0.05) is 6.42 Å². The molecule has 0 saturated heterocycles. The lowest BCUT2D eigenvalue weighted by molar-refractivity contribution is 0.0259. The van der Waals surface area contributed by atoms with E-state index in [0.717, 1.165) is 36.3 Å². The zero-order chi connectivity index (χ0) is 12.8. The van der Waals surface area contributed by atoms with Crippen LogP contribution in [-0.4, -0.2) is 17.3 Å². The minimum atomic E-state index is -0.295. The number of benzene rings is 1. The van der Waals surface area contributed by atoms with Crippen molar-refractivity contribution in [2.75, 3.05) is 0 Å². The van der Waals surface area contributed by atoms with E-state index in [-0.39, 0.29) is 12.2 Å². The molecule has 2 heteroatoms. The van der Waals surface area contributed by atoms with Crippen LogP contribution in [0.15, 0.2) is 24.3 Å². The van der Waals surface area contributed by atoms with Crippen LogP contribution < -0.4 is 4.74 Å². The van der Waals surface area contributed by atoms with Crippen LogP contribution >= 0.6 is 0 Å². The highest BCUT2D eigenvalue weighted by Crippen LogP contribution is 2.50. The van der Waals surface area contributed by atoms with Gasteiger partial charge in [0.05, 0.1) is 6.10 Å². The summed E-state index contributed by atoms with van der Waals surface area (Å²) in [5, 5.41) is 10.5. The summed E-state index contributed by atoms with van der Waals surface area (Å²) in [5.41, 5.74) is 1.25. The van der Waals surface area contributed by atoms with Gasteiger partial charge in [0.25, 0.3) is 0 Å². The van der Waals surface area contributed by atoms with Gasteiger partial charge >= 0.3 is 0 Å². The summed E-state index contributed by atoms with van der Waals surface area (Å²) >= 11 is 0. The van der Waals surface area contributed by atoms with E-state index >= 15 is 0 Å². The highest BCUT2D eigenvalue weighted by Gasteiger charge is 2.41. The molecule has 5 atom stereocenters. The Morgan fingerprint density at radius 2 is 2.11 bits per heavy atom. The summed E-state index contributed by atoms with van der Waals surface area (Å²) < 4.78 is 5.91. The molecule has 2 aliphatic carbocycles. The molecule has 2 nitrogen and oxygen atoms in total. The van der Waals surface area contributed by atoms with E-state index in [4.69, 9.17) is 4.74 Å². The Labute approximate surface area is 114 Å². The second-order valence-corrected chi connectivity index (χ2v) is 6.71. The van der Waals surface area contributed by atoms with Crippen molar-refractivity contribution < 1.29 is 9.84 Å². The second-order valence-electron chi connectivity index (χ2n) is 6.71. The van der Waals surface area contributed by atoms with E-state index in [1.807, 2.05) is 18.2 Å². The van der Waals surface area contributed by atoms with Gasteiger partial charge in [-0.25, -0.2) is 0 Å². The number of aliphatic hydroxyl groups excluding tert-OH is 1. The quantitative estimate of drug-likeness (QED) is 0.902. The fourth-order valence-corrected chi connectivity index (χ4v) is 4.55. The summed E-state index contributed by atoms with van der Waals surface area (Å²) in [6, 6.07) is 8.18. The number of rotatable bonds is 3. The number of fused-ring (bicyclic) bond motifs is 3. The van der Waals surface area contributed by atoms with E-state index in [9.17, 15) is 5.11 Å². The predicted octanol–water partition coefficient (Wildman–Crippen LogP) is 3.18. The molecule has 0 spiro atoms. The van der Waals surface area contributed by atoms with E-state index in [2.05, 4.69) is 6.07 Å². The van der Waals surface area contributed by atoms with Crippen molar-refractivity contribution in [1.82, 2.24) is 0 Å². The molecule has 2 bridgehead atoms. The third-order valence-electron chi connectivity index (χ3n) is 5.53. The maximum absolute atomic E-state index is 10.5. The standard InChI is InChI=1S/C17H22O2/c18-15(9-14-8-11-5-6-12(14)7-11)17-10-13-3-1-2-4-16(13)19-17/h1-4,11-12,14-15,17-18H,5-10H2. The molecule has 4 rings (SSSR count). The lowest BCUT2D eigenvalue weighted by atomic mass is 9.83. The summed E-state index contributed by atoms with van der Waals surface area (Å²) in [7, 11) is 0. The Morgan fingerprint density at radius 1 is 1.21 bits per heavy atom. The van der Waals surface area contributed by atoms with Gasteiger partial charge in [-0.05, 0) is 55.1 Å². The SMILES string of the molecule is OC(CC1CC2CCC1C2)C1Cc2ccccc2O1. The highest BCUT2D eigenvalue weighted by molar-refractivity contribution is 5.37. The summed E-state index contributed by atoms with van der Waals surface area (Å²) in [6.45, 7) is 0. The molecule has 1 heterocycles. The molecule has 5 unspecified atom stereocenters. The zero-order valence-corrected chi connectivity index (χ0v) is 11.3. The Balaban J connectivity index is 1.39. The van der Waals surface area contributed by atoms with Crippen molar-refractivity contribution in [2.45, 2.75) is 50.7 Å². The largest absolute Gasteiger partial charge is 0.487 e. The van der Waals surface area contributed by atoms with Gasteiger partial charge in [-0.3, -0.25) is 0 Å². The first-order valence-corrected chi connectivity index (χ1v) is 7.72. The van der Waals surface area contributed by atoms with Crippen molar-refractivity contribution >= 4 is 0 Å². The summed E-state index contributed by atoms with van der Waals surface area (Å²) in [6.07, 6.45) is 7.10. The van der Waals surface area contributed by atoms with E-state index in [0.29, 0.717) is 0 Å². The van der Waals surface area contributed by atoms with Crippen molar-refractivity contribution in [2.24, 2.45) is 17.8 Å². The van der Waals surface area contributed by atoms with Gasteiger partial charge in [-0.15, -0.1) is 0 Å². The minimum absolute atomic E-state index is 0.0171. The fraction of sp³-hybridized carbons (Fsp3) is 0.647. The molecule has 1 aromatic carbocycles. The molecular weight excluding hydrogens is 236 g/mol. The molecule has 1 aliphatic heterocycles. The first kappa shape index (κ1) is 11.8. The fourth-order valence-electron chi connectivity index (χ4n) is 4.55. The molecule has 1 aromatic rings. The Morgan fingerprint density at radius 3 is 2.84 bits per heavy atom. The molecule has 2 saturated carbocycles. The minimum Gasteiger partial charge on any atom is -0.487 e. The molecule has 3 aliphatic rings. The van der Waals surface area contributed by atoms with Crippen LogP contribution in [0.4, 0.5) is 0 Å². The van der Waals surface area contributed by atoms with Crippen molar-refractivity contribution in [1.29, 1.82) is 0 Å². The van der Waals surface area contributed by atoms with Gasteiger partial charge in [0.1, 0.15) is 11.9 Å². The number of aliphatic hydroxyl groups is 1. The molecular formula is C17H22O2. The first-order chi connectivity index (χ1) is 9.29. The molecule has 19 heavy (non-hydrogen) atoms. The van der Waals surface area contributed by atoms with Gasteiger partial charge in [0.15, 0.2) is 0 Å². The molecule has 102 valence electrons. The normalized spacial score (nSPS) is 37.1. The van der Waals surface area contributed by atoms with Gasteiger partial charge in [0.2, 0.25) is 0 Å². The van der Waals surface area contributed by atoms with Crippen LogP contribution in [0.5, 0.6) is 5.75 Å². The van der Waals surface area contributed by atoms with Gasteiger partial charge in [-0.2, -0.15) is 0 Å². The number of hydrogen-bond acceptors (Lipinski definition) is 2. The van der Waals surface area contributed by atoms with Crippen LogP contribution in [0.2, 0.25) is 0 Å². The van der Waals surface area contributed by atoms with E-state index < -0.39 is 0 Å². The van der Waals surface area contributed by atoms with Crippen LogP contribution in [0, 0.1) is 17.8 Å². The van der Waals surface area contributed by atoms with Crippen LogP contribution in [0.25, 0.3) is 0 Å². The summed E-state index contributed by atoms with van der Waals surface area (Å²) in [4.78, 5) is 0. The Bertz CT molecular complexity index is 445. The average Bonchev–Trinajstić information content (AvgIpc) is 3.12. The molecule has 0 amide bonds. The third-order valence-corrected chi connectivity index (χ3v) is 5.53. The highest BCUT2D eigenvalue weighted by atomic mass is 16.5. The topological polar surface area (TPSA) is 29.5 Å². The first-order valence-electron chi connectivity index (χ1n) is 7.72.